The normalized spacial score (nSPS) is 20.1. The maximum atomic E-state index is 4.86. The van der Waals surface area contributed by atoms with E-state index in [2.05, 4.69) is 40.6 Å². The molecule has 3 nitrogen and oxygen atoms in total. The zero-order valence-corrected chi connectivity index (χ0v) is 13.7. The topological polar surface area (TPSA) is 20.5 Å². The molecule has 0 amide bonds. The minimum Gasteiger partial charge on any atom is -0.304 e. The Bertz CT molecular complexity index is 635. The van der Waals surface area contributed by atoms with Gasteiger partial charge >= 0.3 is 0 Å². The first-order valence-corrected chi connectivity index (χ1v) is 8.97. The van der Waals surface area contributed by atoms with E-state index < -0.39 is 0 Å². The van der Waals surface area contributed by atoms with Crippen molar-refractivity contribution in [2.45, 2.75) is 64.5 Å². The summed E-state index contributed by atoms with van der Waals surface area (Å²) in [6.07, 6.45) is 12.2. The van der Waals surface area contributed by atoms with Crippen LogP contribution >= 0.6 is 0 Å². The summed E-state index contributed by atoms with van der Waals surface area (Å²) in [6.45, 7) is 4.47. The average molecular weight is 297 g/mol. The Hall–Kier alpha value is -1.35. The zero-order chi connectivity index (χ0) is 14.9. The van der Waals surface area contributed by atoms with Crippen molar-refractivity contribution in [1.29, 1.82) is 0 Å². The van der Waals surface area contributed by atoms with Gasteiger partial charge in [0.05, 0.1) is 5.69 Å². The van der Waals surface area contributed by atoms with Crippen LogP contribution < -0.4 is 0 Å². The second-order valence-corrected chi connectivity index (χ2v) is 7.29. The van der Waals surface area contributed by atoms with E-state index in [0.29, 0.717) is 0 Å². The summed E-state index contributed by atoms with van der Waals surface area (Å²) in [6, 6.07) is 7.16. The molecule has 0 N–H and O–H groups in total. The van der Waals surface area contributed by atoms with Gasteiger partial charge in [-0.05, 0) is 50.7 Å². The van der Waals surface area contributed by atoms with Gasteiger partial charge in [0.2, 0.25) is 0 Å². The number of nitrogens with zero attached hydrogens (tertiary/aromatic N) is 3. The minimum absolute atomic E-state index is 0.792. The standard InChI is InChI=1S/C19H27N3/c1-15-6-5-9-19-20-17(14-22(15)19)13-21(12-16-10-11-16)18-7-3-2-4-8-18/h5-6,9,14,16,18H,2-4,7-8,10-13H2,1H3. The number of aryl methyl sites for hydroxylation is 1. The van der Waals surface area contributed by atoms with Crippen LogP contribution in [-0.4, -0.2) is 26.9 Å². The average Bonchev–Trinajstić information content (AvgIpc) is 3.25. The molecule has 2 aliphatic carbocycles. The molecule has 0 spiro atoms. The molecule has 2 heterocycles. The molecule has 0 aliphatic heterocycles. The highest BCUT2D eigenvalue weighted by molar-refractivity contribution is 5.41. The molecular formula is C19H27N3. The van der Waals surface area contributed by atoms with E-state index in [-0.39, 0.29) is 0 Å². The van der Waals surface area contributed by atoms with Gasteiger partial charge in [0, 0.05) is 31.0 Å². The van der Waals surface area contributed by atoms with Crippen molar-refractivity contribution in [3.63, 3.8) is 0 Å². The molecule has 2 fully saturated rings. The van der Waals surface area contributed by atoms with E-state index in [1.54, 1.807) is 0 Å². The van der Waals surface area contributed by atoms with E-state index in [1.165, 1.54) is 62.9 Å². The van der Waals surface area contributed by atoms with Crippen molar-refractivity contribution < 1.29 is 0 Å². The summed E-state index contributed by atoms with van der Waals surface area (Å²) >= 11 is 0. The highest BCUT2D eigenvalue weighted by atomic mass is 15.2. The lowest BCUT2D eigenvalue weighted by Gasteiger charge is -2.34. The predicted molar refractivity (Wildman–Crippen MR) is 89.9 cm³/mol. The van der Waals surface area contributed by atoms with Gasteiger partial charge in [-0.3, -0.25) is 4.90 Å². The number of hydrogen-bond donors (Lipinski definition) is 0. The Morgan fingerprint density at radius 1 is 1.14 bits per heavy atom. The SMILES string of the molecule is Cc1cccc2nc(CN(CC3CC3)C3CCCCC3)cn12. The van der Waals surface area contributed by atoms with Crippen LogP contribution in [-0.2, 0) is 6.54 Å². The van der Waals surface area contributed by atoms with Gasteiger partial charge in [-0.2, -0.15) is 0 Å². The minimum atomic E-state index is 0.792. The van der Waals surface area contributed by atoms with Crippen LogP contribution in [0.3, 0.4) is 0 Å². The van der Waals surface area contributed by atoms with Crippen molar-refractivity contribution in [2.75, 3.05) is 6.54 Å². The lowest BCUT2D eigenvalue weighted by Crippen LogP contribution is -2.37. The first-order chi connectivity index (χ1) is 10.8. The molecule has 4 rings (SSSR count). The van der Waals surface area contributed by atoms with E-state index in [1.807, 2.05) is 0 Å². The Morgan fingerprint density at radius 2 is 1.95 bits per heavy atom. The van der Waals surface area contributed by atoms with Crippen molar-refractivity contribution in [2.24, 2.45) is 5.92 Å². The summed E-state index contributed by atoms with van der Waals surface area (Å²) in [5, 5.41) is 0. The molecular weight excluding hydrogens is 270 g/mol. The molecule has 118 valence electrons. The maximum absolute atomic E-state index is 4.86. The van der Waals surface area contributed by atoms with Crippen molar-refractivity contribution >= 4 is 5.65 Å². The van der Waals surface area contributed by atoms with Crippen molar-refractivity contribution in [3.05, 3.63) is 35.8 Å². The van der Waals surface area contributed by atoms with Gasteiger partial charge in [-0.15, -0.1) is 0 Å². The number of fused-ring (bicyclic) bond motifs is 1. The Morgan fingerprint density at radius 3 is 2.68 bits per heavy atom. The monoisotopic (exact) mass is 297 g/mol. The Balaban J connectivity index is 1.54. The van der Waals surface area contributed by atoms with Gasteiger partial charge in [0.15, 0.2) is 0 Å². The molecule has 0 bridgehead atoms. The van der Waals surface area contributed by atoms with Crippen molar-refractivity contribution in [1.82, 2.24) is 14.3 Å². The second kappa shape index (κ2) is 6.04. The quantitative estimate of drug-likeness (QED) is 0.825. The van der Waals surface area contributed by atoms with Crippen LogP contribution in [0.1, 0.15) is 56.3 Å². The number of aromatic nitrogens is 2. The van der Waals surface area contributed by atoms with E-state index in [0.717, 1.165) is 24.2 Å². The molecule has 0 saturated heterocycles. The number of pyridine rings is 1. The molecule has 2 aliphatic rings. The molecule has 3 heteroatoms. The van der Waals surface area contributed by atoms with Gasteiger partial charge < -0.3 is 4.40 Å². The molecule has 0 atom stereocenters. The molecule has 2 saturated carbocycles. The van der Waals surface area contributed by atoms with Crippen LogP contribution in [0.15, 0.2) is 24.4 Å². The smallest absolute Gasteiger partial charge is 0.137 e. The van der Waals surface area contributed by atoms with Crippen LogP contribution in [0.4, 0.5) is 0 Å². The summed E-state index contributed by atoms with van der Waals surface area (Å²) in [7, 11) is 0. The van der Waals surface area contributed by atoms with Crippen LogP contribution in [0.2, 0.25) is 0 Å². The fourth-order valence-corrected chi connectivity index (χ4v) is 3.90. The largest absolute Gasteiger partial charge is 0.304 e. The first kappa shape index (κ1) is 14.3. The van der Waals surface area contributed by atoms with Crippen molar-refractivity contribution in [3.8, 4) is 0 Å². The molecule has 0 aromatic carbocycles. The number of imidazole rings is 1. The molecule has 2 aromatic rings. The third-order valence-corrected chi connectivity index (χ3v) is 5.39. The van der Waals surface area contributed by atoms with Gasteiger partial charge in [-0.25, -0.2) is 4.98 Å². The highest BCUT2D eigenvalue weighted by Gasteiger charge is 2.29. The van der Waals surface area contributed by atoms with E-state index in [9.17, 15) is 0 Å². The predicted octanol–water partition coefficient (Wildman–Crippen LogP) is 4.19. The van der Waals surface area contributed by atoms with E-state index >= 15 is 0 Å². The van der Waals surface area contributed by atoms with Crippen LogP contribution in [0.25, 0.3) is 5.65 Å². The number of hydrogen-bond acceptors (Lipinski definition) is 2. The Labute approximate surface area is 133 Å². The first-order valence-electron chi connectivity index (χ1n) is 8.97. The lowest BCUT2D eigenvalue weighted by atomic mass is 9.94. The summed E-state index contributed by atoms with van der Waals surface area (Å²) in [4.78, 5) is 7.60. The van der Waals surface area contributed by atoms with Crippen LogP contribution in [0, 0.1) is 12.8 Å². The Kier molecular flexibility index (Phi) is 3.91. The molecule has 22 heavy (non-hydrogen) atoms. The molecule has 0 radical (unpaired) electrons. The zero-order valence-electron chi connectivity index (χ0n) is 13.7. The lowest BCUT2D eigenvalue weighted by molar-refractivity contribution is 0.140. The van der Waals surface area contributed by atoms with Gasteiger partial charge in [0.25, 0.3) is 0 Å². The fraction of sp³-hybridized carbons (Fsp3) is 0.632. The maximum Gasteiger partial charge on any atom is 0.137 e. The van der Waals surface area contributed by atoms with Gasteiger partial charge in [-0.1, -0.05) is 25.3 Å². The third-order valence-electron chi connectivity index (χ3n) is 5.39. The second-order valence-electron chi connectivity index (χ2n) is 7.29. The summed E-state index contributed by atoms with van der Waals surface area (Å²) < 4.78 is 2.23. The molecule has 2 aromatic heterocycles. The van der Waals surface area contributed by atoms with Crippen LogP contribution in [0.5, 0.6) is 0 Å². The van der Waals surface area contributed by atoms with Gasteiger partial charge in [0.1, 0.15) is 5.65 Å². The summed E-state index contributed by atoms with van der Waals surface area (Å²) in [5.41, 5.74) is 3.59. The molecule has 0 unspecified atom stereocenters. The number of rotatable bonds is 5. The van der Waals surface area contributed by atoms with E-state index in [4.69, 9.17) is 4.98 Å². The highest BCUT2D eigenvalue weighted by Crippen LogP contribution is 2.33. The summed E-state index contributed by atoms with van der Waals surface area (Å²) in [5.74, 6) is 0.959. The fourth-order valence-electron chi connectivity index (χ4n) is 3.90. The third kappa shape index (κ3) is 3.05.